The molecule has 1 aromatic rings. The molecule has 0 saturated heterocycles. The van der Waals surface area contributed by atoms with Crippen molar-refractivity contribution in [3.63, 3.8) is 0 Å². The molecule has 1 N–H and O–H groups in total. The monoisotopic (exact) mass is 204 g/mol. The second-order valence-corrected chi connectivity index (χ2v) is 3.27. The van der Waals surface area contributed by atoms with Crippen LogP contribution >= 0.6 is 11.8 Å². The van der Waals surface area contributed by atoms with Crippen LogP contribution in [0.1, 0.15) is 0 Å². The molecular formula is C8H6F2O2S. The van der Waals surface area contributed by atoms with E-state index in [0.717, 1.165) is 30.0 Å². The average molecular weight is 204 g/mol. The van der Waals surface area contributed by atoms with Gasteiger partial charge in [-0.1, -0.05) is 0 Å². The Morgan fingerprint density at radius 2 is 2.15 bits per heavy atom. The molecule has 5 heteroatoms. The quantitative estimate of drug-likeness (QED) is 0.766. The molecule has 0 radical (unpaired) electrons. The topological polar surface area (TPSA) is 37.3 Å². The molecule has 0 saturated carbocycles. The Kier molecular flexibility index (Phi) is 3.25. The molecule has 0 bridgehead atoms. The van der Waals surface area contributed by atoms with Crippen molar-refractivity contribution in [2.75, 3.05) is 5.75 Å². The summed E-state index contributed by atoms with van der Waals surface area (Å²) in [6.45, 7) is 0. The zero-order chi connectivity index (χ0) is 9.84. The van der Waals surface area contributed by atoms with E-state index >= 15 is 0 Å². The minimum absolute atomic E-state index is 0.0161. The standard InChI is InChI=1S/C8H6F2O2S/c9-5-1-2-6(10)7(3-5)13-4-8(11)12/h1-3H,4H2,(H,11,12). The number of rotatable bonds is 3. The Morgan fingerprint density at radius 1 is 1.46 bits per heavy atom. The van der Waals surface area contributed by atoms with Crippen molar-refractivity contribution in [2.24, 2.45) is 0 Å². The predicted octanol–water partition coefficient (Wildman–Crippen LogP) is 2.14. The number of benzene rings is 1. The summed E-state index contributed by atoms with van der Waals surface area (Å²) in [6.07, 6.45) is 0. The first-order valence-corrected chi connectivity index (χ1v) is 4.38. The van der Waals surface area contributed by atoms with Crippen LogP contribution in [0.5, 0.6) is 0 Å². The van der Waals surface area contributed by atoms with Gasteiger partial charge in [-0.05, 0) is 18.2 Å². The van der Waals surface area contributed by atoms with E-state index in [4.69, 9.17) is 5.11 Å². The van der Waals surface area contributed by atoms with Crippen LogP contribution in [-0.2, 0) is 4.79 Å². The number of carboxylic acids is 1. The van der Waals surface area contributed by atoms with Crippen molar-refractivity contribution in [1.82, 2.24) is 0 Å². The van der Waals surface area contributed by atoms with Crippen LogP contribution in [0, 0.1) is 11.6 Å². The van der Waals surface area contributed by atoms with Gasteiger partial charge in [0, 0.05) is 4.90 Å². The Bertz CT molecular complexity index is 328. The van der Waals surface area contributed by atoms with E-state index in [1.807, 2.05) is 0 Å². The van der Waals surface area contributed by atoms with E-state index in [9.17, 15) is 13.6 Å². The fourth-order valence-corrected chi connectivity index (χ4v) is 1.41. The van der Waals surface area contributed by atoms with E-state index in [1.165, 1.54) is 0 Å². The van der Waals surface area contributed by atoms with Gasteiger partial charge in [0.1, 0.15) is 11.6 Å². The van der Waals surface area contributed by atoms with Crippen molar-refractivity contribution in [2.45, 2.75) is 4.90 Å². The molecule has 0 heterocycles. The number of hydrogen-bond donors (Lipinski definition) is 1. The second kappa shape index (κ2) is 4.23. The highest BCUT2D eigenvalue weighted by molar-refractivity contribution is 8.00. The molecule has 13 heavy (non-hydrogen) atoms. The van der Waals surface area contributed by atoms with Gasteiger partial charge in [-0.25, -0.2) is 8.78 Å². The Labute approximate surface area is 77.6 Å². The predicted molar refractivity (Wildman–Crippen MR) is 44.7 cm³/mol. The molecule has 1 aromatic carbocycles. The van der Waals surface area contributed by atoms with Crippen LogP contribution in [0.15, 0.2) is 23.1 Å². The summed E-state index contributed by atoms with van der Waals surface area (Å²) in [5, 5.41) is 8.30. The molecule has 0 aromatic heterocycles. The summed E-state index contributed by atoms with van der Waals surface area (Å²) in [4.78, 5) is 10.1. The minimum atomic E-state index is -1.06. The lowest BCUT2D eigenvalue weighted by Crippen LogP contribution is -1.98. The molecule has 70 valence electrons. The average Bonchev–Trinajstić information content (AvgIpc) is 2.06. The SMILES string of the molecule is O=C(O)CSc1cc(F)ccc1F. The van der Waals surface area contributed by atoms with Gasteiger partial charge in [0.05, 0.1) is 5.75 Å². The second-order valence-electron chi connectivity index (χ2n) is 2.26. The summed E-state index contributed by atoms with van der Waals surface area (Å²) in [5.41, 5.74) is 0. The number of aliphatic carboxylic acids is 1. The Hall–Kier alpha value is -1.10. The van der Waals surface area contributed by atoms with E-state index in [1.54, 1.807) is 0 Å². The van der Waals surface area contributed by atoms with E-state index in [2.05, 4.69) is 0 Å². The fourth-order valence-electron chi connectivity index (χ4n) is 0.727. The van der Waals surface area contributed by atoms with Gasteiger partial charge in [0.15, 0.2) is 0 Å². The van der Waals surface area contributed by atoms with Crippen LogP contribution in [0.25, 0.3) is 0 Å². The van der Waals surface area contributed by atoms with E-state index in [-0.39, 0.29) is 10.6 Å². The number of carbonyl (C=O) groups is 1. The van der Waals surface area contributed by atoms with Crippen LogP contribution < -0.4 is 0 Å². The van der Waals surface area contributed by atoms with Gasteiger partial charge in [0.2, 0.25) is 0 Å². The highest BCUT2D eigenvalue weighted by atomic mass is 32.2. The molecule has 0 unspecified atom stereocenters. The molecule has 2 nitrogen and oxygen atoms in total. The van der Waals surface area contributed by atoms with Gasteiger partial charge < -0.3 is 5.11 Å². The van der Waals surface area contributed by atoms with E-state index in [0.29, 0.717) is 0 Å². The molecule has 0 aliphatic heterocycles. The van der Waals surface area contributed by atoms with Gasteiger partial charge in [-0.2, -0.15) is 0 Å². The zero-order valence-corrected chi connectivity index (χ0v) is 7.28. The third kappa shape index (κ3) is 3.02. The van der Waals surface area contributed by atoms with Crippen molar-refractivity contribution in [1.29, 1.82) is 0 Å². The molecule has 0 aliphatic rings. The normalized spacial score (nSPS) is 10.0. The molecule has 0 fully saturated rings. The molecule has 0 aliphatic carbocycles. The van der Waals surface area contributed by atoms with Crippen molar-refractivity contribution in [3.05, 3.63) is 29.8 Å². The van der Waals surface area contributed by atoms with Crippen molar-refractivity contribution in [3.8, 4) is 0 Å². The lowest BCUT2D eigenvalue weighted by Gasteiger charge is -1.99. The maximum atomic E-state index is 12.8. The first-order chi connectivity index (χ1) is 6.09. The maximum absolute atomic E-state index is 12.8. The van der Waals surface area contributed by atoms with Crippen LogP contribution in [-0.4, -0.2) is 16.8 Å². The third-order valence-corrected chi connectivity index (χ3v) is 2.26. The first-order valence-electron chi connectivity index (χ1n) is 3.39. The number of halogens is 2. The van der Waals surface area contributed by atoms with Gasteiger partial charge >= 0.3 is 5.97 Å². The van der Waals surface area contributed by atoms with Gasteiger partial charge in [0.25, 0.3) is 0 Å². The number of hydrogen-bond acceptors (Lipinski definition) is 2. The minimum Gasteiger partial charge on any atom is -0.481 e. The van der Waals surface area contributed by atoms with Crippen molar-refractivity contribution >= 4 is 17.7 Å². The zero-order valence-electron chi connectivity index (χ0n) is 6.46. The lowest BCUT2D eigenvalue weighted by molar-refractivity contribution is -0.133. The molecular weight excluding hydrogens is 198 g/mol. The van der Waals surface area contributed by atoms with Crippen molar-refractivity contribution < 1.29 is 18.7 Å². The summed E-state index contributed by atoms with van der Waals surface area (Å²) < 4.78 is 25.4. The third-order valence-electron chi connectivity index (χ3n) is 1.24. The highest BCUT2D eigenvalue weighted by Gasteiger charge is 2.06. The highest BCUT2D eigenvalue weighted by Crippen LogP contribution is 2.22. The summed E-state index contributed by atoms with van der Waals surface area (Å²) in [6, 6.07) is 2.93. The van der Waals surface area contributed by atoms with E-state index < -0.39 is 17.6 Å². The summed E-state index contributed by atoms with van der Waals surface area (Å²) in [7, 11) is 0. The maximum Gasteiger partial charge on any atom is 0.313 e. The van der Waals surface area contributed by atoms with Gasteiger partial charge in [-0.15, -0.1) is 11.8 Å². The lowest BCUT2D eigenvalue weighted by atomic mass is 10.3. The Balaban J connectivity index is 2.75. The first kappa shape index (κ1) is 9.98. The smallest absolute Gasteiger partial charge is 0.313 e. The number of thioether (sulfide) groups is 1. The summed E-state index contributed by atoms with van der Waals surface area (Å²) >= 11 is 0.755. The largest absolute Gasteiger partial charge is 0.481 e. The molecule has 1 rings (SSSR count). The molecule has 0 amide bonds. The fraction of sp³-hybridized carbons (Fsp3) is 0.125. The van der Waals surface area contributed by atoms with Crippen LogP contribution in [0.2, 0.25) is 0 Å². The molecule has 0 spiro atoms. The molecule has 0 atom stereocenters. The summed E-state index contributed by atoms with van der Waals surface area (Å²) in [5.74, 6) is -2.52. The number of carboxylic acid groups (broad SMARTS) is 1. The van der Waals surface area contributed by atoms with Gasteiger partial charge in [-0.3, -0.25) is 4.79 Å². The van der Waals surface area contributed by atoms with Crippen LogP contribution in [0.3, 0.4) is 0 Å². The van der Waals surface area contributed by atoms with Crippen LogP contribution in [0.4, 0.5) is 8.78 Å². The Morgan fingerprint density at radius 3 is 2.77 bits per heavy atom.